The Balaban J connectivity index is 3.18. The third-order valence-corrected chi connectivity index (χ3v) is 5.62. The number of hydrogen-bond donors (Lipinski definition) is 0. The van der Waals surface area contributed by atoms with Crippen molar-refractivity contribution in [3.05, 3.63) is 28.5 Å². The number of carbonyl (C=O) groups excluding carboxylic acids is 1. The molecular weight excluding hydrogens is 363 g/mol. The molecule has 0 aromatic heterocycles. The molecule has 1 amide bonds. The number of carbonyl (C=O) groups is 1. The second-order valence-electron chi connectivity index (χ2n) is 4.70. The lowest BCUT2D eigenvalue weighted by Crippen LogP contribution is -2.40. The predicted molar refractivity (Wildman–Crippen MR) is 81.8 cm³/mol. The van der Waals surface area contributed by atoms with Crippen LogP contribution in [-0.2, 0) is 14.8 Å². The van der Waals surface area contributed by atoms with E-state index in [9.17, 15) is 17.6 Å². The first-order valence-electron chi connectivity index (χ1n) is 6.35. The second-order valence-corrected chi connectivity index (χ2v) is 7.46. The predicted octanol–water partition coefficient (Wildman–Crippen LogP) is 2.08. The van der Waals surface area contributed by atoms with Crippen LogP contribution in [0.5, 0.6) is 0 Å². The zero-order chi connectivity index (χ0) is 16.2. The van der Waals surface area contributed by atoms with Crippen LogP contribution in [0.15, 0.2) is 27.6 Å². The Labute approximate surface area is 132 Å². The van der Waals surface area contributed by atoms with Crippen molar-refractivity contribution in [2.45, 2.75) is 18.2 Å². The molecule has 0 aliphatic rings. The number of benzene rings is 1. The summed E-state index contributed by atoms with van der Waals surface area (Å²) in [5.74, 6) is -0.850. The highest BCUT2D eigenvalue weighted by atomic mass is 79.9. The van der Waals surface area contributed by atoms with Crippen molar-refractivity contribution in [1.29, 1.82) is 0 Å². The summed E-state index contributed by atoms with van der Waals surface area (Å²) in [6, 6.07) is 3.36. The monoisotopic (exact) mass is 380 g/mol. The average Bonchev–Trinajstić information content (AvgIpc) is 2.37. The van der Waals surface area contributed by atoms with E-state index in [1.54, 1.807) is 14.1 Å². The van der Waals surface area contributed by atoms with Gasteiger partial charge in [0.1, 0.15) is 5.82 Å². The lowest BCUT2D eigenvalue weighted by molar-refractivity contribution is -0.128. The molecule has 0 heterocycles. The van der Waals surface area contributed by atoms with E-state index < -0.39 is 15.8 Å². The maximum atomic E-state index is 13.1. The fraction of sp³-hybridized carbons (Fsp3) is 0.462. The molecule has 0 saturated heterocycles. The molecule has 21 heavy (non-hydrogen) atoms. The Morgan fingerprint density at radius 1 is 1.33 bits per heavy atom. The van der Waals surface area contributed by atoms with E-state index >= 15 is 0 Å². The van der Waals surface area contributed by atoms with Gasteiger partial charge in [0.15, 0.2) is 0 Å². The van der Waals surface area contributed by atoms with Crippen molar-refractivity contribution >= 4 is 31.9 Å². The van der Waals surface area contributed by atoms with Crippen LogP contribution in [0.2, 0.25) is 0 Å². The molecule has 0 radical (unpaired) electrons. The highest BCUT2D eigenvalue weighted by molar-refractivity contribution is 9.10. The molecule has 1 aromatic rings. The van der Waals surface area contributed by atoms with Gasteiger partial charge in [-0.15, -0.1) is 0 Å². The quantitative estimate of drug-likeness (QED) is 0.758. The van der Waals surface area contributed by atoms with Crippen molar-refractivity contribution < 1.29 is 17.6 Å². The third kappa shape index (κ3) is 4.49. The summed E-state index contributed by atoms with van der Waals surface area (Å²) in [6.07, 6.45) is 0.568. The van der Waals surface area contributed by atoms with Crippen LogP contribution in [0.25, 0.3) is 0 Å². The number of likely N-dealkylation sites (N-methyl/N-ethyl adjacent to an activating group) is 1. The first-order valence-corrected chi connectivity index (χ1v) is 8.58. The molecule has 1 rings (SSSR count). The number of rotatable bonds is 6. The lowest BCUT2D eigenvalue weighted by Gasteiger charge is -2.23. The molecule has 1 aromatic carbocycles. The first kappa shape index (κ1) is 18.1. The van der Waals surface area contributed by atoms with Crippen LogP contribution in [0.1, 0.15) is 13.3 Å². The summed E-state index contributed by atoms with van der Waals surface area (Å²) in [5, 5.41) is 0. The topological polar surface area (TPSA) is 57.7 Å². The van der Waals surface area contributed by atoms with Gasteiger partial charge in [0.2, 0.25) is 15.9 Å². The van der Waals surface area contributed by atoms with Crippen LogP contribution >= 0.6 is 15.9 Å². The SMILES string of the molecule is CCCN(CC(=O)N(C)C)S(=O)(=O)c1ccc(F)cc1Br. The summed E-state index contributed by atoms with van der Waals surface area (Å²) in [5.41, 5.74) is 0. The number of sulfonamides is 1. The molecule has 5 nitrogen and oxygen atoms in total. The molecule has 0 aliphatic carbocycles. The molecule has 0 unspecified atom stereocenters. The van der Waals surface area contributed by atoms with Crippen LogP contribution in [0.3, 0.4) is 0 Å². The van der Waals surface area contributed by atoms with E-state index in [1.807, 2.05) is 6.92 Å². The molecule has 118 valence electrons. The number of halogens is 2. The lowest BCUT2D eigenvalue weighted by atomic mass is 10.3. The molecule has 0 atom stereocenters. The van der Waals surface area contributed by atoms with Gasteiger partial charge in [-0.3, -0.25) is 4.79 Å². The van der Waals surface area contributed by atoms with E-state index in [2.05, 4.69) is 15.9 Å². The highest BCUT2D eigenvalue weighted by Crippen LogP contribution is 2.26. The van der Waals surface area contributed by atoms with Gasteiger partial charge in [-0.2, -0.15) is 4.31 Å². The fourth-order valence-electron chi connectivity index (χ4n) is 1.65. The molecule has 0 N–H and O–H groups in total. The summed E-state index contributed by atoms with van der Waals surface area (Å²) >= 11 is 3.06. The summed E-state index contributed by atoms with van der Waals surface area (Å²) in [4.78, 5) is 13.1. The minimum absolute atomic E-state index is 0.0519. The molecule has 0 saturated carbocycles. The Morgan fingerprint density at radius 3 is 2.43 bits per heavy atom. The normalized spacial score (nSPS) is 11.7. The van der Waals surface area contributed by atoms with Gasteiger partial charge < -0.3 is 4.90 Å². The van der Waals surface area contributed by atoms with Gasteiger partial charge in [0.05, 0.1) is 11.4 Å². The van der Waals surface area contributed by atoms with Gasteiger partial charge in [-0.05, 0) is 40.5 Å². The number of nitrogens with zero attached hydrogens (tertiary/aromatic N) is 2. The molecule has 0 aliphatic heterocycles. The molecular formula is C13H18BrFN2O3S. The zero-order valence-corrected chi connectivity index (χ0v) is 14.5. The minimum atomic E-state index is -3.87. The standard InChI is InChI=1S/C13H18BrFN2O3S/c1-4-7-17(9-13(18)16(2)3)21(19,20)12-6-5-10(15)8-11(12)14/h5-6,8H,4,7,9H2,1-3H3. The summed E-state index contributed by atoms with van der Waals surface area (Å²) < 4.78 is 39.6. The van der Waals surface area contributed by atoms with Crippen molar-refractivity contribution in [2.75, 3.05) is 27.2 Å². The molecule has 8 heteroatoms. The Bertz CT molecular complexity index is 620. The van der Waals surface area contributed by atoms with E-state index in [-0.39, 0.29) is 28.4 Å². The van der Waals surface area contributed by atoms with Gasteiger partial charge in [-0.1, -0.05) is 6.92 Å². The van der Waals surface area contributed by atoms with Gasteiger partial charge in [-0.25, -0.2) is 12.8 Å². The van der Waals surface area contributed by atoms with Crippen molar-refractivity contribution in [2.24, 2.45) is 0 Å². The van der Waals surface area contributed by atoms with Gasteiger partial charge in [0, 0.05) is 25.1 Å². The van der Waals surface area contributed by atoms with E-state index in [4.69, 9.17) is 0 Å². The fourth-order valence-corrected chi connectivity index (χ4v) is 4.14. The van der Waals surface area contributed by atoms with Crippen LogP contribution in [0, 0.1) is 5.82 Å². The smallest absolute Gasteiger partial charge is 0.244 e. The molecule has 0 bridgehead atoms. The molecule has 0 spiro atoms. The van der Waals surface area contributed by atoms with Crippen molar-refractivity contribution in [3.8, 4) is 0 Å². The zero-order valence-electron chi connectivity index (χ0n) is 12.1. The minimum Gasteiger partial charge on any atom is -0.348 e. The van der Waals surface area contributed by atoms with Crippen LogP contribution < -0.4 is 0 Å². The Hall–Kier alpha value is -0.990. The largest absolute Gasteiger partial charge is 0.348 e. The number of amides is 1. The van der Waals surface area contributed by atoms with Crippen LogP contribution in [0.4, 0.5) is 4.39 Å². The highest BCUT2D eigenvalue weighted by Gasteiger charge is 2.28. The first-order chi connectivity index (χ1) is 9.70. The summed E-state index contributed by atoms with van der Waals surface area (Å²) in [6.45, 7) is 1.79. The van der Waals surface area contributed by atoms with Crippen molar-refractivity contribution in [3.63, 3.8) is 0 Å². The van der Waals surface area contributed by atoms with Crippen LogP contribution in [-0.4, -0.2) is 50.7 Å². The summed E-state index contributed by atoms with van der Waals surface area (Å²) in [7, 11) is -0.742. The Kier molecular flexibility index (Phi) is 6.30. The van der Waals surface area contributed by atoms with E-state index in [0.717, 1.165) is 16.4 Å². The average molecular weight is 381 g/mol. The number of hydrogen-bond acceptors (Lipinski definition) is 3. The van der Waals surface area contributed by atoms with Crippen molar-refractivity contribution in [1.82, 2.24) is 9.21 Å². The third-order valence-electron chi connectivity index (χ3n) is 2.80. The van der Waals surface area contributed by atoms with E-state index in [0.29, 0.717) is 6.42 Å². The van der Waals surface area contributed by atoms with E-state index in [1.165, 1.54) is 11.0 Å². The van der Waals surface area contributed by atoms with Gasteiger partial charge in [0.25, 0.3) is 0 Å². The van der Waals surface area contributed by atoms with Gasteiger partial charge >= 0.3 is 0 Å². The molecule has 0 fully saturated rings. The maximum absolute atomic E-state index is 13.1. The Morgan fingerprint density at radius 2 is 1.95 bits per heavy atom. The second kappa shape index (κ2) is 7.33. The maximum Gasteiger partial charge on any atom is 0.244 e.